The third-order valence-corrected chi connectivity index (χ3v) is 5.24. The Bertz CT molecular complexity index is 868. The summed E-state index contributed by atoms with van der Waals surface area (Å²) in [5.74, 6) is -0.289. The predicted molar refractivity (Wildman–Crippen MR) is 117 cm³/mol. The standard InChI is InChI=1S/C25H29NO3/c1-29-17-16-26(15-14-23-12-11-22-4-2-3-5-25(22)23)18-21-8-6-20(7-9-21)10-13-24(28)19-27/h2-10,12-13,27H,11,14-19H2,1H3/b13-10+. The first-order valence-corrected chi connectivity index (χ1v) is 10.1. The molecule has 0 bridgehead atoms. The van der Waals surface area contributed by atoms with Crippen LogP contribution in [0, 0.1) is 0 Å². The highest BCUT2D eigenvalue weighted by Gasteiger charge is 2.14. The molecule has 0 heterocycles. The molecule has 29 heavy (non-hydrogen) atoms. The quantitative estimate of drug-likeness (QED) is 0.593. The van der Waals surface area contributed by atoms with Crippen molar-refractivity contribution in [3.8, 4) is 0 Å². The minimum Gasteiger partial charge on any atom is -0.388 e. The van der Waals surface area contributed by atoms with Gasteiger partial charge in [0.15, 0.2) is 5.78 Å². The molecule has 0 fully saturated rings. The van der Waals surface area contributed by atoms with Gasteiger partial charge in [-0.05, 0) is 46.7 Å². The number of allylic oxidation sites excluding steroid dienone is 1. The van der Waals surface area contributed by atoms with Gasteiger partial charge in [-0.3, -0.25) is 9.69 Å². The average Bonchev–Trinajstić information content (AvgIpc) is 3.18. The van der Waals surface area contributed by atoms with E-state index >= 15 is 0 Å². The van der Waals surface area contributed by atoms with E-state index in [1.54, 1.807) is 13.2 Å². The Hall–Kier alpha value is -2.53. The van der Waals surface area contributed by atoms with Crippen LogP contribution in [0.25, 0.3) is 11.6 Å². The van der Waals surface area contributed by atoms with E-state index in [9.17, 15) is 4.79 Å². The highest BCUT2D eigenvalue weighted by atomic mass is 16.5. The molecule has 2 aromatic rings. The van der Waals surface area contributed by atoms with Gasteiger partial charge in [0.1, 0.15) is 6.61 Å². The molecule has 0 radical (unpaired) electrons. The monoisotopic (exact) mass is 391 g/mol. The number of hydrogen-bond donors (Lipinski definition) is 1. The molecule has 1 aliphatic rings. The van der Waals surface area contributed by atoms with Crippen molar-refractivity contribution in [3.63, 3.8) is 0 Å². The highest BCUT2D eigenvalue weighted by molar-refractivity contribution is 5.94. The van der Waals surface area contributed by atoms with E-state index in [1.165, 1.54) is 28.3 Å². The number of carbonyl (C=O) groups excluding carboxylic acids is 1. The first-order valence-electron chi connectivity index (χ1n) is 10.1. The molecule has 0 saturated carbocycles. The number of hydrogen-bond acceptors (Lipinski definition) is 4. The second kappa shape index (κ2) is 10.9. The van der Waals surface area contributed by atoms with Crippen molar-refractivity contribution in [1.82, 2.24) is 4.90 Å². The van der Waals surface area contributed by atoms with Crippen LogP contribution in [0.15, 0.2) is 60.7 Å². The summed E-state index contributed by atoms with van der Waals surface area (Å²) in [6, 6.07) is 16.8. The van der Waals surface area contributed by atoms with Crippen LogP contribution >= 0.6 is 0 Å². The van der Waals surface area contributed by atoms with Gasteiger partial charge in [-0.25, -0.2) is 0 Å². The molecule has 0 atom stereocenters. The summed E-state index contributed by atoms with van der Waals surface area (Å²) in [6.45, 7) is 2.98. The molecule has 4 nitrogen and oxygen atoms in total. The lowest BCUT2D eigenvalue weighted by molar-refractivity contribution is -0.117. The summed E-state index contributed by atoms with van der Waals surface area (Å²) in [4.78, 5) is 13.6. The lowest BCUT2D eigenvalue weighted by Gasteiger charge is -2.22. The Morgan fingerprint density at radius 3 is 2.69 bits per heavy atom. The molecule has 0 unspecified atom stereocenters. The number of carbonyl (C=O) groups is 1. The van der Waals surface area contributed by atoms with Gasteiger partial charge in [0.05, 0.1) is 6.61 Å². The largest absolute Gasteiger partial charge is 0.388 e. The van der Waals surface area contributed by atoms with Gasteiger partial charge in [0.2, 0.25) is 0 Å². The van der Waals surface area contributed by atoms with Crippen molar-refractivity contribution in [2.24, 2.45) is 0 Å². The molecule has 0 aromatic heterocycles. The van der Waals surface area contributed by atoms with E-state index in [-0.39, 0.29) is 5.78 Å². The van der Waals surface area contributed by atoms with Crippen molar-refractivity contribution in [2.45, 2.75) is 19.4 Å². The molecular weight excluding hydrogens is 362 g/mol. The van der Waals surface area contributed by atoms with Crippen molar-refractivity contribution in [3.05, 3.63) is 82.9 Å². The summed E-state index contributed by atoms with van der Waals surface area (Å²) in [7, 11) is 1.74. The zero-order valence-electron chi connectivity index (χ0n) is 17.0. The van der Waals surface area contributed by atoms with E-state index < -0.39 is 6.61 Å². The SMILES string of the molecule is COCCN(CCC1=CCc2ccccc21)Cc1ccc(/C=C/C(=O)CO)cc1. The number of benzene rings is 2. The molecule has 0 saturated heterocycles. The predicted octanol–water partition coefficient (Wildman–Crippen LogP) is 3.74. The summed E-state index contributed by atoms with van der Waals surface area (Å²) < 4.78 is 5.30. The Morgan fingerprint density at radius 2 is 1.93 bits per heavy atom. The number of nitrogens with zero attached hydrogens (tertiary/aromatic N) is 1. The van der Waals surface area contributed by atoms with Gasteiger partial charge in [-0.1, -0.05) is 60.7 Å². The normalized spacial score (nSPS) is 13.1. The van der Waals surface area contributed by atoms with Gasteiger partial charge >= 0.3 is 0 Å². The molecule has 0 spiro atoms. The van der Waals surface area contributed by atoms with Crippen molar-refractivity contribution in [1.29, 1.82) is 0 Å². The summed E-state index contributed by atoms with van der Waals surface area (Å²) >= 11 is 0. The number of aliphatic hydroxyl groups is 1. The Labute approximate surface area is 173 Å². The van der Waals surface area contributed by atoms with Gasteiger partial charge in [-0.2, -0.15) is 0 Å². The maximum absolute atomic E-state index is 11.2. The number of fused-ring (bicyclic) bond motifs is 1. The maximum Gasteiger partial charge on any atom is 0.181 e. The van der Waals surface area contributed by atoms with Gasteiger partial charge in [0, 0.05) is 26.7 Å². The molecule has 2 aromatic carbocycles. The van der Waals surface area contributed by atoms with Crippen LogP contribution in [0.3, 0.4) is 0 Å². The van der Waals surface area contributed by atoms with E-state index in [4.69, 9.17) is 9.84 Å². The van der Waals surface area contributed by atoms with Gasteiger partial charge in [0.25, 0.3) is 0 Å². The Morgan fingerprint density at radius 1 is 1.14 bits per heavy atom. The van der Waals surface area contributed by atoms with Crippen molar-refractivity contribution in [2.75, 3.05) is 33.4 Å². The van der Waals surface area contributed by atoms with Crippen molar-refractivity contribution < 1.29 is 14.6 Å². The Balaban J connectivity index is 1.59. The zero-order valence-corrected chi connectivity index (χ0v) is 17.0. The smallest absolute Gasteiger partial charge is 0.181 e. The third kappa shape index (κ3) is 6.23. The zero-order chi connectivity index (χ0) is 20.5. The van der Waals surface area contributed by atoms with E-state index in [1.807, 2.05) is 12.1 Å². The molecular formula is C25H29NO3. The van der Waals surface area contributed by atoms with Crippen LogP contribution in [0.2, 0.25) is 0 Å². The fourth-order valence-corrected chi connectivity index (χ4v) is 3.59. The van der Waals surface area contributed by atoms with E-state index in [0.29, 0.717) is 6.61 Å². The molecule has 3 rings (SSSR count). The second-order valence-corrected chi connectivity index (χ2v) is 7.31. The summed E-state index contributed by atoms with van der Waals surface area (Å²) in [5.41, 5.74) is 6.44. The van der Waals surface area contributed by atoms with Crippen molar-refractivity contribution >= 4 is 17.4 Å². The number of ether oxygens (including phenoxy) is 1. The third-order valence-electron chi connectivity index (χ3n) is 5.24. The molecule has 0 amide bonds. The lowest BCUT2D eigenvalue weighted by Crippen LogP contribution is -2.28. The molecule has 1 aliphatic carbocycles. The van der Waals surface area contributed by atoms with Gasteiger partial charge < -0.3 is 9.84 Å². The van der Waals surface area contributed by atoms with Crippen LogP contribution in [0.4, 0.5) is 0 Å². The topological polar surface area (TPSA) is 49.8 Å². The molecule has 0 aliphatic heterocycles. The van der Waals surface area contributed by atoms with Gasteiger partial charge in [-0.15, -0.1) is 0 Å². The number of methoxy groups -OCH3 is 1. The summed E-state index contributed by atoms with van der Waals surface area (Å²) in [5, 5.41) is 8.79. The molecule has 4 heteroatoms. The van der Waals surface area contributed by atoms with Crippen LogP contribution in [-0.4, -0.2) is 49.2 Å². The first-order chi connectivity index (χ1) is 14.2. The van der Waals surface area contributed by atoms with E-state index in [2.05, 4.69) is 47.4 Å². The van der Waals surface area contributed by atoms with Crippen LogP contribution in [-0.2, 0) is 22.5 Å². The fraction of sp³-hybridized carbons (Fsp3) is 0.320. The van der Waals surface area contributed by atoms with Crippen LogP contribution in [0.1, 0.15) is 28.7 Å². The maximum atomic E-state index is 11.2. The number of rotatable bonds is 11. The average molecular weight is 392 g/mol. The molecule has 1 N–H and O–H groups in total. The Kier molecular flexibility index (Phi) is 7.94. The van der Waals surface area contributed by atoms with E-state index in [0.717, 1.165) is 38.0 Å². The number of ketones is 1. The second-order valence-electron chi connectivity index (χ2n) is 7.31. The number of aliphatic hydroxyl groups excluding tert-OH is 1. The highest BCUT2D eigenvalue weighted by Crippen LogP contribution is 2.29. The van der Waals surface area contributed by atoms with Crippen LogP contribution in [0.5, 0.6) is 0 Å². The lowest BCUT2D eigenvalue weighted by atomic mass is 10.0. The summed E-state index contributed by atoms with van der Waals surface area (Å²) in [6.07, 6.45) is 7.57. The first kappa shape index (κ1) is 21.2. The minimum atomic E-state index is -0.454. The molecule has 152 valence electrons. The minimum absolute atomic E-state index is 0.289. The fourth-order valence-electron chi connectivity index (χ4n) is 3.59. The van der Waals surface area contributed by atoms with Crippen LogP contribution < -0.4 is 0 Å².